The number of carbonyl (C=O) groups excluding carboxylic acids is 1. The first-order chi connectivity index (χ1) is 17.7. The first-order valence-corrected chi connectivity index (χ1v) is 13.0. The van der Waals surface area contributed by atoms with Crippen LogP contribution in [0.25, 0.3) is 5.69 Å². The number of hydrogen-bond donors (Lipinski definition) is 1. The lowest BCUT2D eigenvalue weighted by Crippen LogP contribution is -2.39. The Morgan fingerprint density at radius 1 is 0.973 bits per heavy atom. The van der Waals surface area contributed by atoms with Gasteiger partial charge >= 0.3 is 0 Å². The molecule has 4 rings (SSSR count). The smallest absolute Gasteiger partial charge is 0.264 e. The maximum absolute atomic E-state index is 13.5. The van der Waals surface area contributed by atoms with Crippen molar-refractivity contribution in [2.24, 2.45) is 5.10 Å². The Balaban J connectivity index is 1.55. The van der Waals surface area contributed by atoms with Crippen LogP contribution in [0.5, 0.6) is 0 Å². The molecule has 1 amide bonds. The highest BCUT2D eigenvalue weighted by atomic mass is 32.2. The molecule has 0 bridgehead atoms. The molecule has 1 aromatic heterocycles. The van der Waals surface area contributed by atoms with E-state index in [1.807, 2.05) is 57.2 Å². The second-order valence-electron chi connectivity index (χ2n) is 8.59. The van der Waals surface area contributed by atoms with Gasteiger partial charge in [0, 0.05) is 22.6 Å². The van der Waals surface area contributed by atoms with Crippen LogP contribution in [0.2, 0.25) is 0 Å². The lowest BCUT2D eigenvalue weighted by Gasteiger charge is -2.23. The van der Waals surface area contributed by atoms with Crippen LogP contribution < -0.4 is 9.73 Å². The van der Waals surface area contributed by atoms with Crippen LogP contribution in [0, 0.1) is 26.6 Å². The quantitative estimate of drug-likeness (QED) is 0.266. The minimum atomic E-state index is -4.10. The molecule has 0 atom stereocenters. The Morgan fingerprint density at radius 3 is 2.27 bits per heavy atom. The van der Waals surface area contributed by atoms with Crippen molar-refractivity contribution >= 4 is 27.8 Å². The minimum Gasteiger partial charge on any atom is -0.318 e. The average molecular weight is 519 g/mol. The zero-order valence-corrected chi connectivity index (χ0v) is 21.5. The van der Waals surface area contributed by atoms with Crippen LogP contribution in [0.3, 0.4) is 0 Å². The number of benzene rings is 3. The van der Waals surface area contributed by atoms with Gasteiger partial charge < -0.3 is 4.57 Å². The largest absolute Gasteiger partial charge is 0.318 e. The van der Waals surface area contributed by atoms with Gasteiger partial charge in [-0.1, -0.05) is 35.9 Å². The molecule has 7 nitrogen and oxygen atoms in total. The number of para-hydroxylation sites is 1. The summed E-state index contributed by atoms with van der Waals surface area (Å²) >= 11 is 0. The third kappa shape index (κ3) is 5.78. The molecule has 0 aliphatic heterocycles. The molecule has 0 aliphatic rings. The lowest BCUT2D eigenvalue weighted by atomic mass is 10.2. The average Bonchev–Trinajstić information content (AvgIpc) is 3.16. The number of nitrogens with one attached hydrogen (secondary N) is 1. The number of hydrazone groups is 1. The second kappa shape index (κ2) is 10.8. The maximum atomic E-state index is 13.5. The normalized spacial score (nSPS) is 11.6. The molecule has 0 spiro atoms. The lowest BCUT2D eigenvalue weighted by molar-refractivity contribution is -0.119. The van der Waals surface area contributed by atoms with Gasteiger partial charge in [-0.3, -0.25) is 9.10 Å². The zero-order chi connectivity index (χ0) is 26.6. The number of hydrogen-bond acceptors (Lipinski definition) is 4. The van der Waals surface area contributed by atoms with Gasteiger partial charge in [-0.25, -0.2) is 18.2 Å². The standard InChI is InChI=1S/C28H27FN4O3S/c1-20-9-15-27(16-10-20)37(35,36)32(25-13-11-24(29)12-14-25)19-28(34)31-30-18-23-17-21(2)33(22(23)3)26-7-5-4-6-8-26/h4-18H,19H2,1-3H3,(H,31,34)/b30-18-. The van der Waals surface area contributed by atoms with Crippen LogP contribution in [-0.2, 0) is 14.8 Å². The van der Waals surface area contributed by atoms with Crippen molar-refractivity contribution in [3.63, 3.8) is 0 Å². The van der Waals surface area contributed by atoms with Gasteiger partial charge in [-0.15, -0.1) is 0 Å². The molecule has 4 aromatic rings. The van der Waals surface area contributed by atoms with Gasteiger partial charge in [0.15, 0.2) is 0 Å². The third-order valence-corrected chi connectivity index (χ3v) is 7.68. The van der Waals surface area contributed by atoms with E-state index in [0.29, 0.717) is 0 Å². The summed E-state index contributed by atoms with van der Waals surface area (Å²) in [5.41, 5.74) is 7.23. The van der Waals surface area contributed by atoms with Crippen molar-refractivity contribution in [2.45, 2.75) is 25.7 Å². The zero-order valence-electron chi connectivity index (χ0n) is 20.7. The predicted octanol–water partition coefficient (Wildman–Crippen LogP) is 4.89. The molecule has 0 aliphatic carbocycles. The second-order valence-corrected chi connectivity index (χ2v) is 10.5. The topological polar surface area (TPSA) is 83.8 Å². The van der Waals surface area contributed by atoms with E-state index in [2.05, 4.69) is 15.1 Å². The van der Waals surface area contributed by atoms with Crippen LogP contribution in [0.4, 0.5) is 10.1 Å². The first-order valence-electron chi connectivity index (χ1n) is 11.6. The molecule has 0 saturated heterocycles. The minimum absolute atomic E-state index is 0.0204. The molecule has 0 unspecified atom stereocenters. The molecule has 3 aromatic carbocycles. The Bertz CT molecular complexity index is 1530. The SMILES string of the molecule is Cc1ccc(S(=O)(=O)N(CC(=O)N/N=C\c2cc(C)n(-c3ccccc3)c2C)c2ccc(F)cc2)cc1. The number of rotatable bonds is 8. The fourth-order valence-electron chi connectivity index (χ4n) is 3.99. The molecule has 1 heterocycles. The summed E-state index contributed by atoms with van der Waals surface area (Å²) in [6, 6.07) is 23.0. The van der Waals surface area contributed by atoms with Crippen molar-refractivity contribution < 1.29 is 17.6 Å². The fourth-order valence-corrected chi connectivity index (χ4v) is 5.41. The van der Waals surface area contributed by atoms with E-state index in [-0.39, 0.29) is 10.6 Å². The maximum Gasteiger partial charge on any atom is 0.264 e. The van der Waals surface area contributed by atoms with Crippen molar-refractivity contribution in [1.29, 1.82) is 0 Å². The fraction of sp³-hybridized carbons (Fsp3) is 0.143. The van der Waals surface area contributed by atoms with E-state index in [4.69, 9.17) is 0 Å². The molecule has 0 radical (unpaired) electrons. The molecule has 1 N–H and O–H groups in total. The molecular formula is C28H27FN4O3S. The van der Waals surface area contributed by atoms with Crippen molar-refractivity contribution in [3.8, 4) is 5.69 Å². The number of sulfonamides is 1. The summed E-state index contributed by atoms with van der Waals surface area (Å²) < 4.78 is 43.3. The Morgan fingerprint density at radius 2 is 1.62 bits per heavy atom. The van der Waals surface area contributed by atoms with E-state index < -0.39 is 28.3 Å². The van der Waals surface area contributed by atoms with Crippen molar-refractivity contribution in [1.82, 2.24) is 9.99 Å². The summed E-state index contributed by atoms with van der Waals surface area (Å²) in [4.78, 5) is 12.8. The number of aryl methyl sites for hydroxylation is 2. The monoisotopic (exact) mass is 518 g/mol. The summed E-state index contributed by atoms with van der Waals surface area (Å²) in [7, 11) is -4.10. The van der Waals surface area contributed by atoms with E-state index in [9.17, 15) is 17.6 Å². The van der Waals surface area contributed by atoms with Crippen molar-refractivity contribution in [2.75, 3.05) is 10.8 Å². The first kappa shape index (κ1) is 25.8. The van der Waals surface area contributed by atoms with Crippen LogP contribution in [0.15, 0.2) is 94.9 Å². The summed E-state index contributed by atoms with van der Waals surface area (Å²) in [6.45, 7) is 5.24. The van der Waals surface area contributed by atoms with E-state index in [1.165, 1.54) is 30.5 Å². The number of aromatic nitrogens is 1. The Hall–Kier alpha value is -4.24. The molecule has 37 heavy (non-hydrogen) atoms. The van der Waals surface area contributed by atoms with Gasteiger partial charge in [0.2, 0.25) is 0 Å². The van der Waals surface area contributed by atoms with Gasteiger partial charge in [0.25, 0.3) is 15.9 Å². The molecule has 0 saturated carbocycles. The number of anilines is 1. The Labute approximate surface area is 215 Å². The van der Waals surface area contributed by atoms with Gasteiger partial charge in [-0.05, 0) is 75.4 Å². The highest BCUT2D eigenvalue weighted by Gasteiger charge is 2.27. The third-order valence-electron chi connectivity index (χ3n) is 5.89. The number of amides is 1. The highest BCUT2D eigenvalue weighted by molar-refractivity contribution is 7.92. The van der Waals surface area contributed by atoms with Crippen LogP contribution in [-0.4, -0.2) is 31.7 Å². The van der Waals surface area contributed by atoms with Crippen molar-refractivity contribution in [3.05, 3.63) is 113 Å². The van der Waals surface area contributed by atoms with E-state index in [0.717, 1.165) is 44.6 Å². The van der Waals surface area contributed by atoms with Gasteiger partial charge in [0.05, 0.1) is 16.8 Å². The Kier molecular flexibility index (Phi) is 7.54. The summed E-state index contributed by atoms with van der Waals surface area (Å²) in [5, 5.41) is 4.06. The van der Waals surface area contributed by atoms with Gasteiger partial charge in [-0.2, -0.15) is 5.10 Å². The van der Waals surface area contributed by atoms with E-state index >= 15 is 0 Å². The summed E-state index contributed by atoms with van der Waals surface area (Å²) in [6.07, 6.45) is 1.52. The molecule has 0 fully saturated rings. The van der Waals surface area contributed by atoms with Crippen LogP contribution >= 0.6 is 0 Å². The molecule has 9 heteroatoms. The van der Waals surface area contributed by atoms with E-state index in [1.54, 1.807) is 12.1 Å². The number of nitrogens with zero attached hydrogens (tertiary/aromatic N) is 3. The van der Waals surface area contributed by atoms with Crippen LogP contribution in [0.1, 0.15) is 22.5 Å². The molecule has 190 valence electrons. The number of halogens is 1. The predicted molar refractivity (Wildman–Crippen MR) is 143 cm³/mol. The highest BCUT2D eigenvalue weighted by Crippen LogP contribution is 2.24. The summed E-state index contributed by atoms with van der Waals surface area (Å²) in [5.74, 6) is -1.16. The molecular weight excluding hydrogens is 491 g/mol. The van der Waals surface area contributed by atoms with Gasteiger partial charge in [0.1, 0.15) is 12.4 Å². The number of carbonyl (C=O) groups is 1.